The van der Waals surface area contributed by atoms with Gasteiger partial charge in [0.05, 0.1) is 16.9 Å². The molecule has 1 heterocycles. The van der Waals surface area contributed by atoms with Crippen LogP contribution in [0.5, 0.6) is 0 Å². The van der Waals surface area contributed by atoms with E-state index in [0.29, 0.717) is 12.1 Å². The molecule has 0 saturated carbocycles. The zero-order valence-corrected chi connectivity index (χ0v) is 13.6. The summed E-state index contributed by atoms with van der Waals surface area (Å²) in [6.45, 7) is 4.83. The molecule has 0 fully saturated rings. The highest BCUT2D eigenvalue weighted by molar-refractivity contribution is 9.10. The molecular weight excluding hydrogens is 328 g/mol. The Bertz CT molecular complexity index is 697. The van der Waals surface area contributed by atoms with E-state index in [4.69, 9.17) is 0 Å². The van der Waals surface area contributed by atoms with E-state index in [0.717, 1.165) is 15.8 Å². The van der Waals surface area contributed by atoms with E-state index in [2.05, 4.69) is 35.1 Å². The van der Waals surface area contributed by atoms with Gasteiger partial charge >= 0.3 is 0 Å². The van der Waals surface area contributed by atoms with Crippen molar-refractivity contribution in [2.45, 2.75) is 19.4 Å². The topological polar surface area (TPSA) is 32.3 Å². The van der Waals surface area contributed by atoms with Gasteiger partial charge in [0.2, 0.25) is 0 Å². The largest absolute Gasteiger partial charge is 0.377 e. The average Bonchev–Trinajstić information content (AvgIpc) is 2.45. The van der Waals surface area contributed by atoms with E-state index in [1.165, 1.54) is 0 Å². The second kappa shape index (κ2) is 5.19. The first-order valence-corrected chi connectivity index (χ1v) is 7.71. The Morgan fingerprint density at radius 1 is 1.14 bits per heavy atom. The maximum absolute atomic E-state index is 12.9. The number of hydrogen-bond donors (Lipinski definition) is 1. The summed E-state index contributed by atoms with van der Waals surface area (Å²) < 4.78 is 0.823. The van der Waals surface area contributed by atoms with E-state index in [1.807, 2.05) is 53.4 Å². The van der Waals surface area contributed by atoms with Gasteiger partial charge in [-0.15, -0.1) is 0 Å². The zero-order valence-electron chi connectivity index (χ0n) is 12.1. The average molecular weight is 345 g/mol. The molecule has 0 spiro atoms. The molecule has 1 aliphatic heterocycles. The molecular formula is C17H17BrN2O. The third kappa shape index (κ3) is 2.68. The number of anilines is 2. The van der Waals surface area contributed by atoms with Crippen molar-refractivity contribution in [3.8, 4) is 0 Å². The quantitative estimate of drug-likeness (QED) is 0.836. The highest BCUT2D eigenvalue weighted by atomic mass is 79.9. The highest BCUT2D eigenvalue weighted by Crippen LogP contribution is 2.35. The summed E-state index contributed by atoms with van der Waals surface area (Å²) in [5.41, 5.74) is 2.45. The van der Waals surface area contributed by atoms with E-state index >= 15 is 0 Å². The number of para-hydroxylation sites is 2. The fraction of sp³-hybridized carbons (Fsp3) is 0.235. The molecule has 0 saturated heterocycles. The predicted molar refractivity (Wildman–Crippen MR) is 90.0 cm³/mol. The molecule has 4 heteroatoms. The first kappa shape index (κ1) is 14.1. The molecule has 0 unspecified atom stereocenters. The molecule has 2 aromatic carbocycles. The van der Waals surface area contributed by atoms with Crippen LogP contribution in [0.4, 0.5) is 11.4 Å². The number of nitrogens with zero attached hydrogens (tertiary/aromatic N) is 1. The number of halogens is 1. The molecule has 3 nitrogen and oxygen atoms in total. The number of rotatable bonds is 1. The smallest absolute Gasteiger partial charge is 0.259 e. The maximum atomic E-state index is 12.9. The lowest BCUT2D eigenvalue weighted by atomic mass is 9.98. The minimum atomic E-state index is -0.161. The summed E-state index contributed by atoms with van der Waals surface area (Å²) >= 11 is 3.47. The molecule has 1 amide bonds. The number of carbonyl (C=O) groups excluding carboxylic acids is 1. The van der Waals surface area contributed by atoms with Gasteiger partial charge in [-0.3, -0.25) is 4.79 Å². The molecule has 1 N–H and O–H groups in total. The Balaban J connectivity index is 2.06. The lowest BCUT2D eigenvalue weighted by molar-refractivity contribution is 0.0981. The lowest BCUT2D eigenvalue weighted by Gasteiger charge is -2.41. The first-order valence-electron chi connectivity index (χ1n) is 6.91. The summed E-state index contributed by atoms with van der Waals surface area (Å²) in [7, 11) is 0. The van der Waals surface area contributed by atoms with Gasteiger partial charge in [-0.1, -0.05) is 24.3 Å². The van der Waals surface area contributed by atoms with Gasteiger partial charge in [0.25, 0.3) is 5.91 Å². The zero-order chi connectivity index (χ0) is 15.0. The van der Waals surface area contributed by atoms with Gasteiger partial charge in [-0.05, 0) is 54.0 Å². The standard InChI is InChI=1S/C17H17BrN2O/c1-17(2)11-20(15-10-6-5-9-14(15)19-17)16(21)12-7-3-4-8-13(12)18/h3-10,19H,11H2,1-2H3. The molecule has 21 heavy (non-hydrogen) atoms. The van der Waals surface area contributed by atoms with Crippen LogP contribution in [0.2, 0.25) is 0 Å². The van der Waals surface area contributed by atoms with Crippen LogP contribution < -0.4 is 10.2 Å². The molecule has 108 valence electrons. The Morgan fingerprint density at radius 3 is 2.57 bits per heavy atom. The van der Waals surface area contributed by atoms with E-state index < -0.39 is 0 Å². The van der Waals surface area contributed by atoms with Crippen molar-refractivity contribution >= 4 is 33.2 Å². The van der Waals surface area contributed by atoms with Crippen LogP contribution in [0.15, 0.2) is 53.0 Å². The lowest BCUT2D eigenvalue weighted by Crippen LogP contribution is -2.50. The van der Waals surface area contributed by atoms with Crippen LogP contribution in [-0.2, 0) is 0 Å². The van der Waals surface area contributed by atoms with Gasteiger partial charge in [-0.25, -0.2) is 0 Å². The van der Waals surface area contributed by atoms with Crippen molar-refractivity contribution < 1.29 is 4.79 Å². The molecule has 0 aliphatic carbocycles. The van der Waals surface area contributed by atoms with Crippen molar-refractivity contribution in [1.29, 1.82) is 0 Å². The molecule has 2 aromatic rings. The van der Waals surface area contributed by atoms with E-state index in [9.17, 15) is 4.79 Å². The number of hydrogen-bond acceptors (Lipinski definition) is 2. The van der Waals surface area contributed by atoms with Crippen molar-refractivity contribution in [3.05, 3.63) is 58.6 Å². The van der Waals surface area contributed by atoms with Crippen LogP contribution in [0, 0.1) is 0 Å². The summed E-state index contributed by atoms with van der Waals surface area (Å²) in [4.78, 5) is 14.8. The summed E-state index contributed by atoms with van der Waals surface area (Å²) in [5, 5.41) is 3.48. The minimum Gasteiger partial charge on any atom is -0.377 e. The fourth-order valence-corrected chi connectivity index (χ4v) is 3.11. The van der Waals surface area contributed by atoms with Crippen LogP contribution in [-0.4, -0.2) is 18.0 Å². The number of benzene rings is 2. The van der Waals surface area contributed by atoms with Crippen LogP contribution >= 0.6 is 15.9 Å². The molecule has 1 aliphatic rings. The number of amides is 1. The summed E-state index contributed by atoms with van der Waals surface area (Å²) in [6, 6.07) is 15.5. The minimum absolute atomic E-state index is 0.0181. The molecule has 0 radical (unpaired) electrons. The molecule has 3 rings (SSSR count). The predicted octanol–water partition coefficient (Wildman–Crippen LogP) is 4.30. The Kier molecular flexibility index (Phi) is 3.49. The van der Waals surface area contributed by atoms with Gasteiger partial charge < -0.3 is 10.2 Å². The van der Waals surface area contributed by atoms with E-state index in [-0.39, 0.29) is 11.4 Å². The highest BCUT2D eigenvalue weighted by Gasteiger charge is 2.33. The van der Waals surface area contributed by atoms with Gasteiger partial charge in [0, 0.05) is 16.6 Å². The number of fused-ring (bicyclic) bond motifs is 1. The Labute approximate surface area is 133 Å². The van der Waals surface area contributed by atoms with Crippen molar-refractivity contribution in [2.75, 3.05) is 16.8 Å². The van der Waals surface area contributed by atoms with Gasteiger partial charge in [0.1, 0.15) is 0 Å². The van der Waals surface area contributed by atoms with E-state index in [1.54, 1.807) is 0 Å². The monoisotopic (exact) mass is 344 g/mol. The third-order valence-electron chi connectivity index (χ3n) is 3.57. The third-order valence-corrected chi connectivity index (χ3v) is 4.26. The summed E-state index contributed by atoms with van der Waals surface area (Å²) in [6.07, 6.45) is 0. The second-order valence-corrected chi connectivity index (χ2v) is 6.75. The fourth-order valence-electron chi connectivity index (χ4n) is 2.66. The van der Waals surface area contributed by atoms with Crippen LogP contribution in [0.1, 0.15) is 24.2 Å². The van der Waals surface area contributed by atoms with Crippen molar-refractivity contribution in [1.82, 2.24) is 0 Å². The van der Waals surface area contributed by atoms with Gasteiger partial charge in [-0.2, -0.15) is 0 Å². The SMILES string of the molecule is CC1(C)CN(C(=O)c2ccccc2Br)c2ccccc2N1. The Hall–Kier alpha value is -1.81. The number of nitrogens with one attached hydrogen (secondary N) is 1. The van der Waals surface area contributed by atoms with Crippen LogP contribution in [0.25, 0.3) is 0 Å². The van der Waals surface area contributed by atoms with Crippen molar-refractivity contribution in [2.24, 2.45) is 0 Å². The van der Waals surface area contributed by atoms with Crippen LogP contribution in [0.3, 0.4) is 0 Å². The van der Waals surface area contributed by atoms with Crippen molar-refractivity contribution in [3.63, 3.8) is 0 Å². The molecule has 0 bridgehead atoms. The molecule has 0 aromatic heterocycles. The Morgan fingerprint density at radius 2 is 1.81 bits per heavy atom. The van der Waals surface area contributed by atoms with Gasteiger partial charge in [0.15, 0.2) is 0 Å². The second-order valence-electron chi connectivity index (χ2n) is 5.90. The summed E-state index contributed by atoms with van der Waals surface area (Å²) in [5.74, 6) is 0.0181. The molecule has 0 atom stereocenters. The maximum Gasteiger partial charge on any atom is 0.259 e. The first-order chi connectivity index (χ1) is 9.98. The number of carbonyl (C=O) groups is 1. The normalized spacial score (nSPS) is 16.0.